The summed E-state index contributed by atoms with van der Waals surface area (Å²) in [5.41, 5.74) is 2.20. The molecule has 2 unspecified atom stereocenters. The van der Waals surface area contributed by atoms with E-state index in [4.69, 9.17) is 9.47 Å². The minimum absolute atomic E-state index is 0.00271. The molecule has 40 heavy (non-hydrogen) atoms. The smallest absolute Gasteiger partial charge is 0.340 e. The highest BCUT2D eigenvalue weighted by atomic mass is 32.2. The van der Waals surface area contributed by atoms with Gasteiger partial charge < -0.3 is 18.6 Å². The number of hydrogen-bond acceptors (Lipinski definition) is 7. The van der Waals surface area contributed by atoms with Gasteiger partial charge in [-0.15, -0.1) is 0 Å². The molecule has 0 aromatic heterocycles. The van der Waals surface area contributed by atoms with E-state index in [1.807, 2.05) is 13.8 Å². The Labute approximate surface area is 235 Å². The Hall–Kier alpha value is -4.10. The van der Waals surface area contributed by atoms with E-state index < -0.39 is 34.3 Å². The number of rotatable bonds is 9. The van der Waals surface area contributed by atoms with E-state index >= 15 is 0 Å². The summed E-state index contributed by atoms with van der Waals surface area (Å²) in [7, 11) is 1.14. The van der Waals surface area contributed by atoms with Crippen LogP contribution >= 0.6 is 0 Å². The molecule has 0 spiro atoms. The van der Waals surface area contributed by atoms with E-state index in [0.29, 0.717) is 0 Å². The van der Waals surface area contributed by atoms with Crippen molar-refractivity contribution in [3.05, 3.63) is 107 Å². The quantitative estimate of drug-likeness (QED) is 0.178. The molecule has 4 aromatic carbocycles. The number of hydrogen-bond donors (Lipinski definition) is 0. The van der Waals surface area contributed by atoms with Gasteiger partial charge >= 0.3 is 5.97 Å². The van der Waals surface area contributed by atoms with Gasteiger partial charge in [0.2, 0.25) is 0 Å². The Bertz CT molecular complexity index is 1580. The molecule has 0 aliphatic rings. The van der Waals surface area contributed by atoms with Crippen LogP contribution in [-0.4, -0.2) is 30.6 Å². The van der Waals surface area contributed by atoms with E-state index in [0.717, 1.165) is 39.0 Å². The summed E-state index contributed by atoms with van der Waals surface area (Å²) < 4.78 is 75.9. The summed E-state index contributed by atoms with van der Waals surface area (Å²) in [4.78, 5) is 12.7. The summed E-state index contributed by atoms with van der Waals surface area (Å²) >= 11 is -5.62. The van der Waals surface area contributed by atoms with Crippen molar-refractivity contribution in [1.82, 2.24) is 0 Å². The molecule has 0 radical (unpaired) electrons. The van der Waals surface area contributed by atoms with Crippen LogP contribution in [0.5, 0.6) is 11.5 Å². The Morgan fingerprint density at radius 2 is 1.25 bits per heavy atom. The zero-order valence-electron chi connectivity index (χ0n) is 21.5. The Balaban J connectivity index is 1.80. The van der Waals surface area contributed by atoms with Crippen molar-refractivity contribution in [3.63, 3.8) is 0 Å². The zero-order chi connectivity index (χ0) is 29.0. The number of ether oxygens (including phenoxy) is 2. The van der Waals surface area contributed by atoms with Gasteiger partial charge in [-0.1, -0.05) is 35.4 Å². The summed E-state index contributed by atoms with van der Waals surface area (Å²) in [5, 5.41) is 0. The van der Waals surface area contributed by atoms with Crippen LogP contribution in [-0.2, 0) is 27.3 Å². The summed E-state index contributed by atoms with van der Waals surface area (Å²) in [5.74, 6) is -1.73. The number of aryl methyl sites for hydroxylation is 2. The van der Waals surface area contributed by atoms with Crippen LogP contribution < -0.4 is 13.3 Å². The topological polar surface area (TPSA) is 122 Å². The van der Waals surface area contributed by atoms with Gasteiger partial charge in [0, 0.05) is 6.07 Å². The number of benzene rings is 4. The molecule has 2 atom stereocenters. The van der Waals surface area contributed by atoms with Gasteiger partial charge in [-0.25, -0.2) is 9.18 Å². The largest absolute Gasteiger partial charge is 0.755 e. The minimum atomic E-state index is -2.82. The van der Waals surface area contributed by atoms with E-state index in [1.165, 1.54) is 24.3 Å². The van der Waals surface area contributed by atoms with Gasteiger partial charge in [0.15, 0.2) is 5.75 Å². The predicted molar refractivity (Wildman–Crippen MR) is 149 cm³/mol. The van der Waals surface area contributed by atoms with Gasteiger partial charge in [-0.3, -0.25) is 17.0 Å². The summed E-state index contributed by atoms with van der Waals surface area (Å²) in [6.45, 7) is 3.69. The highest BCUT2D eigenvalue weighted by Gasteiger charge is 2.22. The lowest BCUT2D eigenvalue weighted by atomic mass is 10.1. The maximum atomic E-state index is 14.3. The first-order valence-electron chi connectivity index (χ1n) is 11.7. The number of carbonyl (C=O) groups is 1. The monoisotopic (exact) mass is 582 g/mol. The number of carbonyl (C=O) groups excluding carboxylic acids is 1. The van der Waals surface area contributed by atoms with Crippen LogP contribution in [0.15, 0.2) is 84.9 Å². The van der Waals surface area contributed by atoms with Gasteiger partial charge in [0.1, 0.15) is 11.6 Å². The van der Waals surface area contributed by atoms with Gasteiger partial charge in [-0.2, -0.15) is 0 Å². The molecule has 0 fully saturated rings. The molecular weight excluding hydrogens is 559 g/mol. The molecule has 0 saturated carbocycles. The Morgan fingerprint density at radius 3 is 1.75 bits per heavy atom. The molecule has 0 heterocycles. The van der Waals surface area contributed by atoms with Crippen LogP contribution in [0.4, 0.5) is 27.1 Å². The summed E-state index contributed by atoms with van der Waals surface area (Å²) in [6, 6.07) is 20.5. The Morgan fingerprint density at radius 1 is 0.750 bits per heavy atom. The zero-order valence-corrected chi connectivity index (χ0v) is 23.2. The average molecular weight is 583 g/mol. The number of methoxy groups -OCH3 is 1. The third-order valence-electron chi connectivity index (χ3n) is 5.80. The van der Waals surface area contributed by atoms with Crippen LogP contribution in [0.1, 0.15) is 21.5 Å². The van der Waals surface area contributed by atoms with Crippen molar-refractivity contribution >= 4 is 51.3 Å². The fourth-order valence-corrected chi connectivity index (χ4v) is 5.08. The third kappa shape index (κ3) is 6.37. The molecular formula is C28H23FN2O7S2-2. The van der Waals surface area contributed by atoms with Crippen molar-refractivity contribution in [2.24, 2.45) is 0 Å². The van der Waals surface area contributed by atoms with Crippen molar-refractivity contribution in [1.29, 1.82) is 0 Å². The lowest BCUT2D eigenvalue weighted by molar-refractivity contribution is 0.0601. The maximum Gasteiger partial charge on any atom is 0.340 e. The van der Waals surface area contributed by atoms with Crippen LogP contribution in [0, 0.1) is 19.7 Å². The molecule has 4 rings (SSSR count). The second-order valence-corrected chi connectivity index (χ2v) is 10.2. The van der Waals surface area contributed by atoms with Crippen LogP contribution in [0.3, 0.4) is 0 Å². The van der Waals surface area contributed by atoms with Gasteiger partial charge in [0.25, 0.3) is 0 Å². The molecule has 0 aliphatic carbocycles. The molecule has 0 bridgehead atoms. The van der Waals surface area contributed by atoms with Crippen molar-refractivity contribution in [2.75, 3.05) is 15.7 Å². The van der Waals surface area contributed by atoms with E-state index in [9.17, 15) is 26.7 Å². The molecule has 4 aromatic rings. The second kappa shape index (κ2) is 12.4. The van der Waals surface area contributed by atoms with Crippen LogP contribution in [0.25, 0.3) is 0 Å². The molecule has 9 nitrogen and oxygen atoms in total. The molecule has 0 N–H and O–H groups in total. The highest BCUT2D eigenvalue weighted by Crippen LogP contribution is 2.40. The van der Waals surface area contributed by atoms with Crippen molar-refractivity contribution in [3.8, 4) is 11.5 Å². The number of halogens is 1. The first kappa shape index (κ1) is 28.9. The fraction of sp³-hybridized carbons (Fsp3) is 0.107. The molecule has 12 heteroatoms. The van der Waals surface area contributed by atoms with E-state index in [2.05, 4.69) is 0 Å². The lowest BCUT2D eigenvalue weighted by Gasteiger charge is -2.29. The van der Waals surface area contributed by atoms with Crippen molar-refractivity contribution in [2.45, 2.75) is 13.8 Å². The Kier molecular flexibility index (Phi) is 8.95. The first-order chi connectivity index (χ1) is 19.1. The molecule has 0 amide bonds. The SMILES string of the molecule is COC(=O)c1cc(Oc2cc(F)ccc2N(c2ccc(C)cc2)S(=O)[O-])ccc1N(c1ccc(C)cc1)S(=O)[O-]. The highest BCUT2D eigenvalue weighted by molar-refractivity contribution is 7.81. The summed E-state index contributed by atoms with van der Waals surface area (Å²) in [6.07, 6.45) is 0. The van der Waals surface area contributed by atoms with Crippen molar-refractivity contribution < 1.29 is 36.2 Å². The molecule has 0 aliphatic heterocycles. The standard InChI is InChI=1S/C28H25FN2O7S2/c1-18-4-9-21(10-5-18)30(39(33)34)25-15-13-23(17-24(25)28(32)37-3)38-27-16-20(29)8-14-26(27)31(40(35)36)22-11-6-19(2)7-12-22/h4-17H,1-3H3,(H,33,34)(H,35,36)/p-2. The van der Waals surface area contributed by atoms with Gasteiger partial charge in [0.05, 0.1) is 58.0 Å². The van der Waals surface area contributed by atoms with E-state index in [-0.39, 0.29) is 39.8 Å². The van der Waals surface area contributed by atoms with Gasteiger partial charge in [-0.05, 0) is 68.4 Å². The number of nitrogens with zero attached hydrogens (tertiary/aromatic N) is 2. The van der Waals surface area contributed by atoms with Crippen LogP contribution in [0.2, 0.25) is 0 Å². The maximum absolute atomic E-state index is 14.3. The molecule has 208 valence electrons. The molecule has 0 saturated heterocycles. The lowest BCUT2D eigenvalue weighted by Crippen LogP contribution is -2.22. The average Bonchev–Trinajstić information content (AvgIpc) is 2.92. The third-order valence-corrected chi connectivity index (χ3v) is 7.21. The normalized spacial score (nSPS) is 12.3. The first-order valence-corrected chi connectivity index (χ1v) is 13.8. The fourth-order valence-electron chi connectivity index (χ4n) is 3.86. The second-order valence-electron chi connectivity index (χ2n) is 8.58. The van der Waals surface area contributed by atoms with E-state index in [1.54, 1.807) is 48.5 Å². The number of esters is 1. The minimum Gasteiger partial charge on any atom is -0.755 e. The predicted octanol–water partition coefficient (Wildman–Crippen LogP) is 5.89. The number of anilines is 4.